The van der Waals surface area contributed by atoms with Gasteiger partial charge in [0.1, 0.15) is 12.4 Å². The molecule has 0 aromatic heterocycles. The predicted octanol–water partition coefficient (Wildman–Crippen LogP) is 2.74. The van der Waals surface area contributed by atoms with Gasteiger partial charge in [0.2, 0.25) is 0 Å². The van der Waals surface area contributed by atoms with Gasteiger partial charge < -0.3 is 15.2 Å². The summed E-state index contributed by atoms with van der Waals surface area (Å²) in [6, 6.07) is 6.37. The summed E-state index contributed by atoms with van der Waals surface area (Å²) >= 11 is 6.15. The Kier molecular flexibility index (Phi) is 4.15. The summed E-state index contributed by atoms with van der Waals surface area (Å²) in [5.74, 6) is 0.675. The fourth-order valence-corrected chi connectivity index (χ4v) is 1.89. The lowest BCUT2D eigenvalue weighted by Crippen LogP contribution is -2.28. The van der Waals surface area contributed by atoms with Crippen molar-refractivity contribution in [3.8, 4) is 5.75 Å². The number of halogens is 1. The quantitative estimate of drug-likeness (QED) is 0.834. The molecule has 100 valence electrons. The molecule has 1 saturated carbocycles. The number of hydrogen-bond acceptors (Lipinski definition) is 3. The number of rotatable bonds is 6. The Morgan fingerprint density at radius 2 is 2.17 bits per heavy atom. The molecule has 2 N–H and O–H groups in total. The van der Waals surface area contributed by atoms with Gasteiger partial charge in [-0.2, -0.15) is 0 Å². The van der Waals surface area contributed by atoms with Gasteiger partial charge in [0.05, 0.1) is 10.6 Å². The van der Waals surface area contributed by atoms with Crippen molar-refractivity contribution < 1.29 is 9.84 Å². The van der Waals surface area contributed by atoms with E-state index in [9.17, 15) is 5.11 Å². The minimum atomic E-state index is -0.861. The largest absolute Gasteiger partial charge is 0.489 e. The van der Waals surface area contributed by atoms with Crippen LogP contribution in [-0.2, 0) is 6.54 Å². The summed E-state index contributed by atoms with van der Waals surface area (Å²) in [7, 11) is 0. The molecule has 0 unspecified atom stereocenters. The monoisotopic (exact) mass is 269 g/mol. The van der Waals surface area contributed by atoms with E-state index < -0.39 is 5.60 Å². The first-order valence-corrected chi connectivity index (χ1v) is 6.69. The zero-order valence-electron chi connectivity index (χ0n) is 10.9. The van der Waals surface area contributed by atoms with E-state index >= 15 is 0 Å². The van der Waals surface area contributed by atoms with Gasteiger partial charge >= 0.3 is 0 Å². The van der Waals surface area contributed by atoms with Crippen LogP contribution in [0.5, 0.6) is 5.75 Å². The maximum absolute atomic E-state index is 9.71. The third-order valence-corrected chi connectivity index (χ3v) is 3.07. The van der Waals surface area contributed by atoms with Crippen molar-refractivity contribution in [3.63, 3.8) is 0 Å². The molecule has 3 nitrogen and oxygen atoms in total. The SMILES string of the molecule is CC(C)(O)COc1c(Cl)cccc1CNC1CC1. The van der Waals surface area contributed by atoms with Crippen molar-refractivity contribution in [1.82, 2.24) is 5.32 Å². The van der Waals surface area contributed by atoms with Gasteiger partial charge in [-0.25, -0.2) is 0 Å². The Morgan fingerprint density at radius 3 is 2.78 bits per heavy atom. The van der Waals surface area contributed by atoms with Gasteiger partial charge in [-0.15, -0.1) is 0 Å². The van der Waals surface area contributed by atoms with Crippen molar-refractivity contribution in [1.29, 1.82) is 0 Å². The number of para-hydroxylation sites is 1. The third kappa shape index (κ3) is 4.16. The standard InChI is InChI=1S/C14H20ClNO2/c1-14(2,17)9-18-13-10(4-3-5-12(13)15)8-16-11-6-7-11/h3-5,11,16-17H,6-9H2,1-2H3. The van der Waals surface area contributed by atoms with Gasteiger partial charge in [-0.3, -0.25) is 0 Å². The average molecular weight is 270 g/mol. The molecular formula is C14H20ClNO2. The Morgan fingerprint density at radius 1 is 1.44 bits per heavy atom. The van der Waals surface area contributed by atoms with Crippen LogP contribution in [0.15, 0.2) is 18.2 Å². The van der Waals surface area contributed by atoms with Crippen molar-refractivity contribution >= 4 is 11.6 Å². The molecule has 0 atom stereocenters. The number of hydrogen-bond donors (Lipinski definition) is 2. The first-order valence-electron chi connectivity index (χ1n) is 6.32. The Labute approximate surface area is 113 Å². The maximum atomic E-state index is 9.71. The highest BCUT2D eigenvalue weighted by atomic mass is 35.5. The molecule has 0 saturated heterocycles. The van der Waals surface area contributed by atoms with Gasteiger partial charge in [0.15, 0.2) is 0 Å². The van der Waals surface area contributed by atoms with E-state index in [1.165, 1.54) is 12.8 Å². The van der Waals surface area contributed by atoms with Crippen LogP contribution in [0.1, 0.15) is 32.3 Å². The van der Waals surface area contributed by atoms with Gasteiger partial charge in [0.25, 0.3) is 0 Å². The van der Waals surface area contributed by atoms with Crippen LogP contribution in [0.4, 0.5) is 0 Å². The molecule has 0 amide bonds. The molecule has 4 heteroatoms. The van der Waals surface area contributed by atoms with Crippen LogP contribution in [0, 0.1) is 0 Å². The predicted molar refractivity (Wildman–Crippen MR) is 73.1 cm³/mol. The fraction of sp³-hybridized carbons (Fsp3) is 0.571. The molecule has 2 rings (SSSR count). The van der Waals surface area contributed by atoms with Crippen LogP contribution < -0.4 is 10.1 Å². The smallest absolute Gasteiger partial charge is 0.142 e. The number of ether oxygens (including phenoxy) is 1. The van der Waals surface area contributed by atoms with Crippen LogP contribution in [0.2, 0.25) is 5.02 Å². The van der Waals surface area contributed by atoms with Crippen molar-refractivity contribution in [2.24, 2.45) is 0 Å². The minimum absolute atomic E-state index is 0.229. The van der Waals surface area contributed by atoms with Crippen LogP contribution >= 0.6 is 11.6 Å². The molecule has 0 aliphatic heterocycles. The lowest BCUT2D eigenvalue weighted by atomic mass is 10.1. The second-order valence-corrected chi connectivity index (χ2v) is 5.89. The molecule has 18 heavy (non-hydrogen) atoms. The summed E-state index contributed by atoms with van der Waals surface area (Å²) in [6.45, 7) is 4.41. The van der Waals surface area contributed by atoms with E-state index in [1.807, 2.05) is 18.2 Å². The maximum Gasteiger partial charge on any atom is 0.142 e. The molecule has 0 radical (unpaired) electrons. The molecule has 0 spiro atoms. The summed E-state index contributed by atoms with van der Waals surface area (Å²) in [5.41, 5.74) is 0.180. The van der Waals surface area contributed by atoms with Crippen LogP contribution in [-0.4, -0.2) is 23.4 Å². The van der Waals surface area contributed by atoms with Gasteiger partial charge in [0, 0.05) is 18.2 Å². The van der Waals surface area contributed by atoms with E-state index in [0.717, 1.165) is 12.1 Å². The van der Waals surface area contributed by atoms with Crippen molar-refractivity contribution in [2.75, 3.05) is 6.61 Å². The molecule has 0 heterocycles. The zero-order valence-corrected chi connectivity index (χ0v) is 11.6. The van der Waals surface area contributed by atoms with E-state index in [4.69, 9.17) is 16.3 Å². The van der Waals surface area contributed by atoms with Gasteiger partial charge in [-0.1, -0.05) is 23.7 Å². The highest BCUT2D eigenvalue weighted by molar-refractivity contribution is 6.32. The molecule has 1 aliphatic carbocycles. The Bertz CT molecular complexity index is 411. The highest BCUT2D eigenvalue weighted by Crippen LogP contribution is 2.30. The molecule has 1 aromatic carbocycles. The van der Waals surface area contributed by atoms with Crippen LogP contribution in [0.25, 0.3) is 0 Å². The Balaban J connectivity index is 2.04. The first-order chi connectivity index (χ1) is 8.46. The van der Waals surface area contributed by atoms with E-state index in [1.54, 1.807) is 13.8 Å². The first kappa shape index (κ1) is 13.7. The lowest BCUT2D eigenvalue weighted by Gasteiger charge is -2.20. The summed E-state index contributed by atoms with van der Waals surface area (Å²) in [6.07, 6.45) is 2.50. The number of aliphatic hydroxyl groups is 1. The van der Waals surface area contributed by atoms with Gasteiger partial charge in [-0.05, 0) is 32.8 Å². The molecule has 1 fully saturated rings. The van der Waals surface area contributed by atoms with E-state index in [-0.39, 0.29) is 6.61 Å². The molecule has 1 aromatic rings. The summed E-state index contributed by atoms with van der Waals surface area (Å²) < 4.78 is 5.66. The number of benzene rings is 1. The van der Waals surface area contributed by atoms with E-state index in [0.29, 0.717) is 16.8 Å². The topological polar surface area (TPSA) is 41.5 Å². The summed E-state index contributed by atoms with van der Waals surface area (Å²) in [5, 5.41) is 13.7. The number of nitrogens with one attached hydrogen (secondary N) is 1. The average Bonchev–Trinajstić information content (AvgIpc) is 3.07. The van der Waals surface area contributed by atoms with E-state index in [2.05, 4.69) is 5.32 Å². The molecular weight excluding hydrogens is 250 g/mol. The second kappa shape index (κ2) is 5.47. The van der Waals surface area contributed by atoms with Crippen molar-refractivity contribution in [3.05, 3.63) is 28.8 Å². The highest BCUT2D eigenvalue weighted by Gasteiger charge is 2.21. The zero-order chi connectivity index (χ0) is 13.2. The van der Waals surface area contributed by atoms with Crippen molar-refractivity contribution in [2.45, 2.75) is 44.9 Å². The third-order valence-electron chi connectivity index (χ3n) is 2.78. The second-order valence-electron chi connectivity index (χ2n) is 5.48. The Hall–Kier alpha value is -0.770. The summed E-state index contributed by atoms with van der Waals surface area (Å²) in [4.78, 5) is 0. The fourth-order valence-electron chi connectivity index (χ4n) is 1.64. The molecule has 0 bridgehead atoms. The minimum Gasteiger partial charge on any atom is -0.489 e. The normalized spacial score (nSPS) is 15.8. The molecule has 1 aliphatic rings. The lowest BCUT2D eigenvalue weighted by molar-refractivity contribution is 0.0282. The van der Waals surface area contributed by atoms with Crippen LogP contribution in [0.3, 0.4) is 0 Å².